The fourth-order valence-electron chi connectivity index (χ4n) is 5.16. The first-order valence-electron chi connectivity index (χ1n) is 11.8. The second kappa shape index (κ2) is 8.82. The molecule has 172 valence electrons. The van der Waals surface area contributed by atoms with E-state index in [-0.39, 0.29) is 24.4 Å². The van der Waals surface area contributed by atoms with Crippen LogP contribution in [0.25, 0.3) is 11.0 Å². The van der Waals surface area contributed by atoms with Crippen molar-refractivity contribution in [3.63, 3.8) is 0 Å². The zero-order valence-corrected chi connectivity index (χ0v) is 19.6. The third kappa shape index (κ3) is 4.12. The topological polar surface area (TPSA) is 67.2 Å². The first kappa shape index (κ1) is 22.0. The molecule has 1 unspecified atom stereocenters. The Bertz CT molecular complexity index is 1200. The average Bonchev–Trinajstić information content (AvgIpc) is 2.97. The lowest BCUT2D eigenvalue weighted by atomic mass is 9.93. The molecule has 1 aromatic heterocycles. The van der Waals surface area contributed by atoms with Crippen LogP contribution in [0, 0.1) is 0 Å². The van der Waals surface area contributed by atoms with Crippen LogP contribution in [0.15, 0.2) is 48.5 Å². The quantitative estimate of drug-likeness (QED) is 0.556. The van der Waals surface area contributed by atoms with E-state index in [2.05, 4.69) is 10.3 Å². The molecule has 1 aliphatic carbocycles. The molecule has 0 bridgehead atoms. The molecule has 1 fully saturated rings. The molecule has 3 aromatic rings. The maximum atomic E-state index is 13.8. The van der Waals surface area contributed by atoms with E-state index in [1.165, 1.54) is 12.8 Å². The van der Waals surface area contributed by atoms with Crippen molar-refractivity contribution in [3.05, 3.63) is 64.9 Å². The summed E-state index contributed by atoms with van der Waals surface area (Å²) in [5, 5.41) is 3.90. The number of hydrogen-bond acceptors (Lipinski definition) is 3. The summed E-state index contributed by atoms with van der Waals surface area (Å²) in [7, 11) is 0. The Morgan fingerprint density at radius 2 is 1.88 bits per heavy atom. The lowest BCUT2D eigenvalue weighted by molar-refractivity contribution is -0.134. The average molecular weight is 465 g/mol. The summed E-state index contributed by atoms with van der Waals surface area (Å²) in [6.45, 7) is 2.52. The number of para-hydroxylation sites is 2. The monoisotopic (exact) mass is 464 g/mol. The second-order valence-electron chi connectivity index (χ2n) is 9.47. The maximum Gasteiger partial charge on any atom is 0.291 e. The molecule has 2 aromatic carbocycles. The highest BCUT2D eigenvalue weighted by Gasteiger charge is 2.48. The molecule has 7 heteroatoms. The highest BCUT2D eigenvalue weighted by atomic mass is 35.5. The van der Waals surface area contributed by atoms with E-state index in [9.17, 15) is 9.59 Å². The van der Waals surface area contributed by atoms with Crippen LogP contribution < -0.4 is 5.32 Å². The van der Waals surface area contributed by atoms with Crippen molar-refractivity contribution in [2.45, 2.75) is 70.1 Å². The standard InChI is InChI=1S/C26H29ClN4O2/c1-26(25(33)28-20-11-4-2-3-5-12-20)17-30-22-14-7-6-13-21(22)29-23(30)24(32)31(26)16-18-9-8-10-19(27)15-18/h6-10,13-15,20H,2-5,11-12,16-17H2,1H3,(H,28,33). The molecule has 5 rings (SSSR count). The molecule has 6 nitrogen and oxygen atoms in total. The van der Waals surface area contributed by atoms with E-state index < -0.39 is 5.54 Å². The predicted molar refractivity (Wildman–Crippen MR) is 129 cm³/mol. The molecular weight excluding hydrogens is 436 g/mol. The first-order valence-corrected chi connectivity index (χ1v) is 12.2. The van der Waals surface area contributed by atoms with Crippen LogP contribution in [0.4, 0.5) is 0 Å². The molecule has 33 heavy (non-hydrogen) atoms. The molecule has 1 atom stereocenters. The van der Waals surface area contributed by atoms with Gasteiger partial charge in [0, 0.05) is 17.6 Å². The Morgan fingerprint density at radius 1 is 1.12 bits per heavy atom. The summed E-state index contributed by atoms with van der Waals surface area (Å²) in [4.78, 5) is 33.9. The van der Waals surface area contributed by atoms with Gasteiger partial charge in [0.1, 0.15) is 5.54 Å². The van der Waals surface area contributed by atoms with Crippen molar-refractivity contribution in [1.82, 2.24) is 19.8 Å². The van der Waals surface area contributed by atoms with Gasteiger partial charge in [-0.2, -0.15) is 0 Å². The summed E-state index contributed by atoms with van der Waals surface area (Å²) in [5.74, 6) is 0.0297. The summed E-state index contributed by atoms with van der Waals surface area (Å²) in [5.41, 5.74) is 1.46. The van der Waals surface area contributed by atoms with Crippen molar-refractivity contribution in [1.29, 1.82) is 0 Å². The van der Waals surface area contributed by atoms with Crippen molar-refractivity contribution >= 4 is 34.4 Å². The van der Waals surface area contributed by atoms with Gasteiger partial charge < -0.3 is 14.8 Å². The Labute approximate surface area is 198 Å². The number of hydrogen-bond donors (Lipinski definition) is 1. The summed E-state index contributed by atoms with van der Waals surface area (Å²) in [6.07, 6.45) is 6.67. The van der Waals surface area contributed by atoms with Crippen LogP contribution in [0.5, 0.6) is 0 Å². The highest BCUT2D eigenvalue weighted by molar-refractivity contribution is 6.30. The summed E-state index contributed by atoms with van der Waals surface area (Å²) < 4.78 is 1.90. The molecule has 2 heterocycles. The van der Waals surface area contributed by atoms with E-state index in [1.807, 2.05) is 54.0 Å². The van der Waals surface area contributed by atoms with Gasteiger partial charge in [-0.3, -0.25) is 9.59 Å². The smallest absolute Gasteiger partial charge is 0.291 e. The normalized spacial score (nSPS) is 21.6. The van der Waals surface area contributed by atoms with Gasteiger partial charge in [-0.15, -0.1) is 0 Å². The van der Waals surface area contributed by atoms with Crippen molar-refractivity contribution in [3.8, 4) is 0 Å². The molecule has 0 spiro atoms. The largest absolute Gasteiger partial charge is 0.351 e. The van der Waals surface area contributed by atoms with Crippen LogP contribution in [0.2, 0.25) is 5.02 Å². The molecule has 1 saturated carbocycles. The van der Waals surface area contributed by atoms with Crippen LogP contribution in [-0.4, -0.2) is 37.8 Å². The third-order valence-corrected chi connectivity index (χ3v) is 7.30. The summed E-state index contributed by atoms with van der Waals surface area (Å²) >= 11 is 6.21. The third-order valence-electron chi connectivity index (χ3n) is 7.06. The zero-order valence-electron chi connectivity index (χ0n) is 18.9. The maximum absolute atomic E-state index is 13.8. The van der Waals surface area contributed by atoms with Gasteiger partial charge in [-0.1, -0.05) is 61.5 Å². The number of nitrogens with zero attached hydrogens (tertiary/aromatic N) is 3. The molecular formula is C26H29ClN4O2. The van der Waals surface area contributed by atoms with Gasteiger partial charge in [0.25, 0.3) is 5.91 Å². The number of rotatable bonds is 4. The van der Waals surface area contributed by atoms with Crippen molar-refractivity contribution < 1.29 is 9.59 Å². The van der Waals surface area contributed by atoms with Crippen LogP contribution in [0.1, 0.15) is 61.6 Å². The van der Waals surface area contributed by atoms with E-state index in [4.69, 9.17) is 11.6 Å². The number of halogens is 1. The van der Waals surface area contributed by atoms with Gasteiger partial charge in [0.15, 0.2) is 5.82 Å². The number of fused-ring (bicyclic) bond motifs is 3. The molecule has 2 aliphatic rings. The van der Waals surface area contributed by atoms with Crippen LogP contribution in [0.3, 0.4) is 0 Å². The minimum atomic E-state index is -1.05. The SMILES string of the molecule is CC1(C(=O)NC2CCCCCC2)Cn2c(nc3ccccc32)C(=O)N1Cc1cccc(Cl)c1. The number of carbonyl (C=O) groups excluding carboxylic acids is 2. The fraction of sp³-hybridized carbons (Fsp3) is 0.423. The number of nitrogens with one attached hydrogen (secondary N) is 1. The zero-order chi connectivity index (χ0) is 23.0. The van der Waals surface area contributed by atoms with Gasteiger partial charge in [-0.25, -0.2) is 4.98 Å². The van der Waals surface area contributed by atoms with Crippen molar-refractivity contribution in [2.75, 3.05) is 0 Å². The van der Waals surface area contributed by atoms with Gasteiger partial charge in [0.2, 0.25) is 5.91 Å². The van der Waals surface area contributed by atoms with Gasteiger partial charge in [0.05, 0.1) is 17.6 Å². The molecule has 0 radical (unpaired) electrons. The number of benzene rings is 2. The Hall–Kier alpha value is -2.86. The van der Waals surface area contributed by atoms with E-state index in [0.717, 1.165) is 42.3 Å². The number of carbonyl (C=O) groups is 2. The van der Waals surface area contributed by atoms with Crippen LogP contribution >= 0.6 is 11.6 Å². The number of amides is 2. The number of imidazole rings is 1. The first-order chi connectivity index (χ1) is 16.0. The predicted octanol–water partition coefficient (Wildman–Crippen LogP) is 4.94. The fourth-order valence-corrected chi connectivity index (χ4v) is 5.37. The molecule has 1 N–H and O–H groups in total. The van der Waals surface area contributed by atoms with Crippen molar-refractivity contribution in [2.24, 2.45) is 0 Å². The Morgan fingerprint density at radius 3 is 2.64 bits per heavy atom. The minimum absolute atomic E-state index is 0.104. The number of aromatic nitrogens is 2. The van der Waals surface area contributed by atoms with E-state index in [1.54, 1.807) is 11.0 Å². The van der Waals surface area contributed by atoms with Gasteiger partial charge in [-0.05, 0) is 49.6 Å². The Balaban J connectivity index is 1.54. The lowest BCUT2D eigenvalue weighted by Gasteiger charge is -2.44. The van der Waals surface area contributed by atoms with Crippen LogP contribution in [-0.2, 0) is 17.9 Å². The van der Waals surface area contributed by atoms with Gasteiger partial charge >= 0.3 is 0 Å². The highest BCUT2D eigenvalue weighted by Crippen LogP contribution is 2.32. The molecule has 1 aliphatic heterocycles. The summed E-state index contributed by atoms with van der Waals surface area (Å²) in [6, 6.07) is 15.3. The van der Waals surface area contributed by atoms with E-state index >= 15 is 0 Å². The lowest BCUT2D eigenvalue weighted by Crippen LogP contribution is -2.64. The molecule has 2 amide bonds. The Kier molecular flexibility index (Phi) is 5.87. The minimum Gasteiger partial charge on any atom is -0.351 e. The molecule has 0 saturated heterocycles. The van der Waals surface area contributed by atoms with E-state index in [0.29, 0.717) is 17.4 Å². The second-order valence-corrected chi connectivity index (χ2v) is 9.90.